The molecule has 4 nitrogen and oxygen atoms in total. The molecular formula is C16H24FN3O. The molecule has 1 aromatic carbocycles. The minimum Gasteiger partial charge on any atom is -0.383 e. The van der Waals surface area contributed by atoms with Crippen LogP contribution >= 0.6 is 0 Å². The van der Waals surface area contributed by atoms with E-state index in [1.165, 1.54) is 0 Å². The van der Waals surface area contributed by atoms with Crippen LogP contribution in [0, 0.1) is 24.1 Å². The van der Waals surface area contributed by atoms with Crippen molar-refractivity contribution in [1.82, 2.24) is 5.32 Å². The Morgan fingerprint density at radius 3 is 2.71 bits per heavy atom. The normalized spacial score (nSPS) is 12.0. The summed E-state index contributed by atoms with van der Waals surface area (Å²) in [6.07, 6.45) is 0.424. The molecule has 1 N–H and O–H groups in total. The van der Waals surface area contributed by atoms with E-state index in [2.05, 4.69) is 16.3 Å². The molecule has 0 amide bonds. The van der Waals surface area contributed by atoms with E-state index in [9.17, 15) is 4.39 Å². The Morgan fingerprint density at radius 2 is 2.14 bits per heavy atom. The number of hydrogen-bond acceptors (Lipinski definition) is 4. The lowest BCUT2D eigenvalue weighted by molar-refractivity contribution is 0.205. The van der Waals surface area contributed by atoms with Gasteiger partial charge in [-0.1, -0.05) is 0 Å². The molecule has 0 radical (unpaired) electrons. The van der Waals surface area contributed by atoms with Crippen LogP contribution in [0.2, 0.25) is 0 Å². The van der Waals surface area contributed by atoms with Gasteiger partial charge in [-0.15, -0.1) is 0 Å². The van der Waals surface area contributed by atoms with Gasteiger partial charge < -0.3 is 15.0 Å². The molecule has 21 heavy (non-hydrogen) atoms. The van der Waals surface area contributed by atoms with E-state index in [0.29, 0.717) is 31.7 Å². The summed E-state index contributed by atoms with van der Waals surface area (Å²) in [5.41, 5.74) is 2.47. The van der Waals surface area contributed by atoms with Crippen molar-refractivity contribution in [3.05, 3.63) is 29.1 Å². The summed E-state index contributed by atoms with van der Waals surface area (Å²) in [6, 6.07) is 5.62. The number of nitriles is 1. The largest absolute Gasteiger partial charge is 0.383 e. The van der Waals surface area contributed by atoms with Crippen molar-refractivity contribution >= 4 is 5.69 Å². The summed E-state index contributed by atoms with van der Waals surface area (Å²) in [4.78, 5) is 2.09. The zero-order valence-corrected chi connectivity index (χ0v) is 13.2. The van der Waals surface area contributed by atoms with Crippen molar-refractivity contribution in [2.45, 2.75) is 26.3 Å². The summed E-state index contributed by atoms with van der Waals surface area (Å²) < 4.78 is 19.0. The van der Waals surface area contributed by atoms with Crippen molar-refractivity contribution in [2.24, 2.45) is 0 Å². The van der Waals surface area contributed by atoms with Crippen LogP contribution in [0.5, 0.6) is 0 Å². The topological polar surface area (TPSA) is 48.3 Å². The third kappa shape index (κ3) is 4.69. The molecular weight excluding hydrogens is 269 g/mol. The van der Waals surface area contributed by atoms with Gasteiger partial charge >= 0.3 is 0 Å². The van der Waals surface area contributed by atoms with Gasteiger partial charge in [-0.25, -0.2) is 4.39 Å². The maximum Gasteiger partial charge on any atom is 0.126 e. The highest BCUT2D eigenvalue weighted by Crippen LogP contribution is 2.29. The Bertz CT molecular complexity index is 499. The Morgan fingerprint density at radius 1 is 1.43 bits per heavy atom. The van der Waals surface area contributed by atoms with E-state index in [4.69, 9.17) is 10.00 Å². The summed E-state index contributed by atoms with van der Waals surface area (Å²) >= 11 is 0. The van der Waals surface area contributed by atoms with Crippen molar-refractivity contribution < 1.29 is 9.13 Å². The van der Waals surface area contributed by atoms with Crippen LogP contribution in [0.15, 0.2) is 12.1 Å². The first-order chi connectivity index (χ1) is 10.0. The Balaban J connectivity index is 3.20. The van der Waals surface area contributed by atoms with Crippen LogP contribution in [0.25, 0.3) is 0 Å². The first kappa shape index (κ1) is 17.4. The highest BCUT2D eigenvalue weighted by Gasteiger charge is 2.17. The standard InChI is InChI=1S/C16H24FN3O/c1-12-10-16(14(11-15(12)17)13(2)19-3)20(7-5-6-18)8-9-21-4/h10-11,13,19H,5,7-9H2,1-4H3. The Hall–Kier alpha value is -1.64. The van der Waals surface area contributed by atoms with Crippen molar-refractivity contribution in [3.8, 4) is 6.07 Å². The zero-order chi connectivity index (χ0) is 15.8. The molecule has 1 aromatic rings. The molecule has 0 aromatic heterocycles. The number of nitrogens with one attached hydrogen (secondary N) is 1. The summed E-state index contributed by atoms with van der Waals surface area (Å²) in [5.74, 6) is -0.206. The molecule has 1 atom stereocenters. The van der Waals surface area contributed by atoms with Gasteiger partial charge in [-0.3, -0.25) is 0 Å². The molecule has 0 spiro atoms. The van der Waals surface area contributed by atoms with E-state index >= 15 is 0 Å². The first-order valence-electron chi connectivity index (χ1n) is 7.13. The van der Waals surface area contributed by atoms with Crippen LogP contribution in [0.3, 0.4) is 0 Å². The summed E-state index contributed by atoms with van der Waals surface area (Å²) in [6.45, 7) is 5.59. The number of nitrogens with zero attached hydrogens (tertiary/aromatic N) is 2. The fourth-order valence-electron chi connectivity index (χ4n) is 2.20. The molecule has 0 saturated carbocycles. The van der Waals surface area contributed by atoms with Crippen molar-refractivity contribution in [1.29, 1.82) is 5.26 Å². The number of ether oxygens (including phenoxy) is 1. The van der Waals surface area contributed by atoms with Crippen LogP contribution in [0.1, 0.15) is 30.5 Å². The molecule has 0 fully saturated rings. The highest BCUT2D eigenvalue weighted by molar-refractivity contribution is 5.57. The summed E-state index contributed by atoms with van der Waals surface area (Å²) in [5, 5.41) is 12.0. The van der Waals surface area contributed by atoms with Crippen molar-refractivity contribution in [3.63, 3.8) is 0 Å². The molecule has 0 aliphatic rings. The molecule has 0 heterocycles. The fourth-order valence-corrected chi connectivity index (χ4v) is 2.20. The van der Waals surface area contributed by atoms with Crippen molar-refractivity contribution in [2.75, 3.05) is 38.8 Å². The van der Waals surface area contributed by atoms with Gasteiger partial charge in [0.15, 0.2) is 0 Å². The second-order valence-corrected chi connectivity index (χ2v) is 5.06. The lowest BCUT2D eigenvalue weighted by Crippen LogP contribution is -2.30. The molecule has 5 heteroatoms. The lowest BCUT2D eigenvalue weighted by atomic mass is 10.0. The predicted molar refractivity (Wildman–Crippen MR) is 82.9 cm³/mol. The van der Waals surface area contributed by atoms with Gasteiger partial charge in [-0.05, 0) is 44.2 Å². The fraction of sp³-hybridized carbons (Fsp3) is 0.562. The summed E-state index contributed by atoms with van der Waals surface area (Å²) in [7, 11) is 3.50. The zero-order valence-electron chi connectivity index (χ0n) is 13.2. The monoisotopic (exact) mass is 293 g/mol. The number of benzene rings is 1. The van der Waals surface area contributed by atoms with Gasteiger partial charge in [-0.2, -0.15) is 5.26 Å². The van der Waals surface area contributed by atoms with E-state index in [1.54, 1.807) is 20.1 Å². The maximum absolute atomic E-state index is 13.9. The lowest BCUT2D eigenvalue weighted by Gasteiger charge is -2.28. The van der Waals surface area contributed by atoms with Crippen LogP contribution < -0.4 is 10.2 Å². The molecule has 0 bridgehead atoms. The number of methoxy groups -OCH3 is 1. The average Bonchev–Trinajstić information content (AvgIpc) is 2.49. The van der Waals surface area contributed by atoms with Gasteiger partial charge in [0.25, 0.3) is 0 Å². The van der Waals surface area contributed by atoms with Gasteiger partial charge in [0.2, 0.25) is 0 Å². The number of hydrogen-bond donors (Lipinski definition) is 1. The third-order valence-corrected chi connectivity index (χ3v) is 3.61. The SMILES string of the molecule is CNC(C)c1cc(F)c(C)cc1N(CCC#N)CCOC. The third-order valence-electron chi connectivity index (χ3n) is 3.61. The molecule has 0 aliphatic carbocycles. The van der Waals surface area contributed by atoms with E-state index in [1.807, 2.05) is 20.0 Å². The van der Waals surface area contributed by atoms with Crippen LogP contribution in [-0.4, -0.2) is 33.9 Å². The van der Waals surface area contributed by atoms with Gasteiger partial charge in [0.05, 0.1) is 19.1 Å². The highest BCUT2D eigenvalue weighted by atomic mass is 19.1. The minimum atomic E-state index is -0.206. The van der Waals surface area contributed by atoms with Gasteiger partial charge in [0, 0.05) is 31.9 Å². The predicted octanol–water partition coefficient (Wildman–Crippen LogP) is 2.78. The van der Waals surface area contributed by atoms with Crippen LogP contribution in [0.4, 0.5) is 10.1 Å². The van der Waals surface area contributed by atoms with E-state index in [-0.39, 0.29) is 11.9 Å². The smallest absolute Gasteiger partial charge is 0.126 e. The first-order valence-corrected chi connectivity index (χ1v) is 7.13. The average molecular weight is 293 g/mol. The molecule has 1 rings (SSSR count). The van der Waals surface area contributed by atoms with E-state index in [0.717, 1.165) is 11.3 Å². The number of halogens is 1. The Kier molecular flexibility index (Phi) is 7.13. The molecule has 1 unspecified atom stereocenters. The molecule has 116 valence electrons. The van der Waals surface area contributed by atoms with Gasteiger partial charge in [0.1, 0.15) is 5.82 Å². The Labute approximate surface area is 126 Å². The molecule has 0 saturated heterocycles. The second-order valence-electron chi connectivity index (χ2n) is 5.06. The number of anilines is 1. The maximum atomic E-state index is 13.9. The van der Waals surface area contributed by atoms with Crippen LogP contribution in [-0.2, 0) is 4.74 Å². The van der Waals surface area contributed by atoms with E-state index < -0.39 is 0 Å². The number of aryl methyl sites for hydroxylation is 1. The minimum absolute atomic E-state index is 0.0298. The molecule has 0 aliphatic heterocycles. The second kappa shape index (κ2) is 8.60. The quantitative estimate of drug-likeness (QED) is 0.800. The number of rotatable bonds is 8.